The minimum atomic E-state index is -4.23. The van der Waals surface area contributed by atoms with Crippen molar-refractivity contribution >= 4 is 50.7 Å². The molecule has 1 unspecified atom stereocenters. The number of nitrogens with one attached hydrogen (secondary N) is 1. The fourth-order valence-electron chi connectivity index (χ4n) is 5.00. The van der Waals surface area contributed by atoms with Crippen LogP contribution in [0.5, 0.6) is 0 Å². The van der Waals surface area contributed by atoms with E-state index in [1.165, 1.54) is 23.1 Å². The Bertz CT molecular complexity index is 1750. The van der Waals surface area contributed by atoms with E-state index in [4.69, 9.17) is 23.2 Å². The summed E-state index contributed by atoms with van der Waals surface area (Å²) in [6.07, 6.45) is 1.90. The molecule has 1 atom stereocenters. The van der Waals surface area contributed by atoms with Crippen molar-refractivity contribution in [3.8, 4) is 0 Å². The van der Waals surface area contributed by atoms with Gasteiger partial charge in [0.1, 0.15) is 12.6 Å². The number of benzene rings is 4. The molecule has 4 rings (SSSR count). The molecule has 1 N–H and O–H groups in total. The summed E-state index contributed by atoms with van der Waals surface area (Å²) in [6.45, 7) is 5.63. The molecule has 0 aliphatic heterocycles. The SMILES string of the molecule is CCCCNC(=O)C(Cc1ccccc1)N(Cc1cccc(Cl)c1)C(=O)CN(c1ccc(C)c(Cl)c1)S(=O)(=O)c1ccc(C)cc1. The van der Waals surface area contributed by atoms with Crippen molar-refractivity contribution in [2.24, 2.45) is 0 Å². The highest BCUT2D eigenvalue weighted by Crippen LogP contribution is 2.29. The van der Waals surface area contributed by atoms with Crippen molar-refractivity contribution in [2.75, 3.05) is 17.4 Å². The van der Waals surface area contributed by atoms with Gasteiger partial charge in [-0.3, -0.25) is 13.9 Å². The van der Waals surface area contributed by atoms with Crippen LogP contribution in [0.15, 0.2) is 102 Å². The summed E-state index contributed by atoms with van der Waals surface area (Å²) in [6, 6.07) is 26.9. The molecule has 4 aromatic carbocycles. The van der Waals surface area contributed by atoms with E-state index in [1.807, 2.05) is 57.2 Å². The molecule has 0 saturated carbocycles. The van der Waals surface area contributed by atoms with Crippen molar-refractivity contribution in [1.29, 1.82) is 0 Å². The van der Waals surface area contributed by atoms with Gasteiger partial charge in [0.05, 0.1) is 10.6 Å². The Kier molecular flexibility index (Phi) is 12.3. The Morgan fingerprint density at radius 1 is 0.848 bits per heavy atom. The molecule has 2 amide bonds. The molecule has 0 saturated heterocycles. The van der Waals surface area contributed by atoms with Crippen LogP contribution >= 0.6 is 23.2 Å². The molecule has 242 valence electrons. The second-order valence-electron chi connectivity index (χ2n) is 11.3. The van der Waals surface area contributed by atoms with Crippen molar-refractivity contribution in [3.63, 3.8) is 0 Å². The number of hydrogen-bond acceptors (Lipinski definition) is 4. The maximum absolute atomic E-state index is 14.5. The van der Waals surface area contributed by atoms with Gasteiger partial charge < -0.3 is 10.2 Å². The molecule has 0 radical (unpaired) electrons. The van der Waals surface area contributed by atoms with E-state index in [2.05, 4.69) is 5.32 Å². The van der Waals surface area contributed by atoms with Gasteiger partial charge >= 0.3 is 0 Å². The Morgan fingerprint density at radius 3 is 2.20 bits per heavy atom. The highest BCUT2D eigenvalue weighted by molar-refractivity contribution is 7.92. The van der Waals surface area contributed by atoms with E-state index < -0.39 is 28.5 Å². The summed E-state index contributed by atoms with van der Waals surface area (Å²) in [7, 11) is -4.23. The quantitative estimate of drug-likeness (QED) is 0.141. The summed E-state index contributed by atoms with van der Waals surface area (Å²) < 4.78 is 29.4. The van der Waals surface area contributed by atoms with Gasteiger partial charge in [-0.05, 0) is 73.4 Å². The van der Waals surface area contributed by atoms with Crippen LogP contribution in [0.2, 0.25) is 10.0 Å². The number of halogens is 2. The van der Waals surface area contributed by atoms with Crippen molar-refractivity contribution < 1.29 is 18.0 Å². The molecule has 0 aromatic heterocycles. The normalized spacial score (nSPS) is 11.9. The molecule has 7 nitrogen and oxygen atoms in total. The third kappa shape index (κ3) is 9.12. The van der Waals surface area contributed by atoms with E-state index >= 15 is 0 Å². The lowest BCUT2D eigenvalue weighted by atomic mass is 10.0. The number of sulfonamides is 1. The number of nitrogens with zero attached hydrogens (tertiary/aromatic N) is 2. The molecule has 46 heavy (non-hydrogen) atoms. The van der Waals surface area contributed by atoms with Crippen molar-refractivity contribution in [2.45, 2.75) is 57.5 Å². The van der Waals surface area contributed by atoms with Crippen LogP contribution in [0.25, 0.3) is 0 Å². The summed E-state index contributed by atoms with van der Waals surface area (Å²) in [4.78, 5) is 29.9. The topological polar surface area (TPSA) is 86.8 Å². The van der Waals surface area contributed by atoms with Gasteiger partial charge in [0.2, 0.25) is 11.8 Å². The zero-order valence-corrected chi connectivity index (χ0v) is 28.6. The van der Waals surface area contributed by atoms with Crippen LogP contribution in [0.1, 0.15) is 42.0 Å². The smallest absolute Gasteiger partial charge is 0.264 e. The number of carbonyl (C=O) groups is 2. The zero-order valence-electron chi connectivity index (χ0n) is 26.2. The Labute approximate surface area is 282 Å². The number of anilines is 1. The van der Waals surface area contributed by atoms with Crippen LogP contribution in [0.4, 0.5) is 5.69 Å². The molecule has 4 aromatic rings. The lowest BCUT2D eigenvalue weighted by Crippen LogP contribution is -2.53. The third-order valence-corrected chi connectivity index (χ3v) is 10.1. The second kappa shape index (κ2) is 16.1. The number of hydrogen-bond donors (Lipinski definition) is 1. The highest BCUT2D eigenvalue weighted by atomic mass is 35.5. The Balaban J connectivity index is 1.81. The standard InChI is InChI=1S/C36H39Cl2N3O4S/c1-4-5-20-39-36(43)34(22-28-10-7-6-8-11-28)40(24-29-12-9-13-30(37)21-29)35(42)25-41(31-17-16-27(3)33(38)23-31)46(44,45)32-18-14-26(2)15-19-32/h6-19,21,23,34H,4-5,20,22,24-25H2,1-3H3,(H,39,43). The van der Waals surface area contributed by atoms with Gasteiger partial charge in [0.15, 0.2) is 0 Å². The van der Waals surface area contributed by atoms with E-state index in [1.54, 1.807) is 42.5 Å². The molecule has 0 bridgehead atoms. The molecular formula is C36H39Cl2N3O4S. The minimum absolute atomic E-state index is 0.0298. The predicted octanol–water partition coefficient (Wildman–Crippen LogP) is 7.36. The fraction of sp³-hybridized carbons (Fsp3) is 0.278. The lowest BCUT2D eigenvalue weighted by Gasteiger charge is -2.34. The van der Waals surface area contributed by atoms with Gasteiger partial charge in [0.25, 0.3) is 10.0 Å². The Hall–Kier alpha value is -3.85. The maximum atomic E-state index is 14.5. The third-order valence-electron chi connectivity index (χ3n) is 7.67. The van der Waals surface area contributed by atoms with E-state index in [0.717, 1.165) is 33.8 Å². The largest absolute Gasteiger partial charge is 0.354 e. The first-order valence-corrected chi connectivity index (χ1v) is 17.4. The van der Waals surface area contributed by atoms with Crippen LogP contribution < -0.4 is 9.62 Å². The fourth-order valence-corrected chi connectivity index (χ4v) is 6.79. The van der Waals surface area contributed by atoms with Crippen LogP contribution in [0.3, 0.4) is 0 Å². The van der Waals surface area contributed by atoms with E-state index in [9.17, 15) is 18.0 Å². The number of rotatable bonds is 14. The molecule has 0 spiro atoms. The van der Waals surface area contributed by atoms with Gasteiger partial charge in [-0.2, -0.15) is 0 Å². The molecule has 0 aliphatic carbocycles. The van der Waals surface area contributed by atoms with Crippen LogP contribution in [-0.2, 0) is 32.6 Å². The minimum Gasteiger partial charge on any atom is -0.354 e. The van der Waals surface area contributed by atoms with Crippen LogP contribution in [-0.4, -0.2) is 44.3 Å². The van der Waals surface area contributed by atoms with Crippen molar-refractivity contribution in [3.05, 3.63) is 129 Å². The number of amides is 2. The molecule has 0 aliphatic rings. The van der Waals surface area contributed by atoms with Gasteiger partial charge in [0, 0.05) is 29.6 Å². The maximum Gasteiger partial charge on any atom is 0.264 e. The van der Waals surface area contributed by atoms with E-state index in [-0.39, 0.29) is 29.5 Å². The second-order valence-corrected chi connectivity index (χ2v) is 14.0. The monoisotopic (exact) mass is 679 g/mol. The molecule has 0 heterocycles. The number of aryl methyl sites for hydroxylation is 2. The van der Waals surface area contributed by atoms with E-state index in [0.29, 0.717) is 22.2 Å². The van der Waals surface area contributed by atoms with Gasteiger partial charge in [-0.15, -0.1) is 0 Å². The summed E-state index contributed by atoms with van der Waals surface area (Å²) in [5.41, 5.74) is 3.45. The highest BCUT2D eigenvalue weighted by Gasteiger charge is 2.34. The number of unbranched alkanes of at least 4 members (excludes halogenated alkanes) is 1. The first-order chi connectivity index (χ1) is 22.0. The summed E-state index contributed by atoms with van der Waals surface area (Å²) in [5, 5.41) is 3.83. The Morgan fingerprint density at radius 2 is 1.54 bits per heavy atom. The number of carbonyl (C=O) groups excluding carboxylic acids is 2. The first-order valence-electron chi connectivity index (χ1n) is 15.2. The molecule has 10 heteroatoms. The predicted molar refractivity (Wildman–Crippen MR) is 186 cm³/mol. The van der Waals surface area contributed by atoms with Gasteiger partial charge in [-0.1, -0.05) is 103 Å². The van der Waals surface area contributed by atoms with Crippen molar-refractivity contribution in [1.82, 2.24) is 10.2 Å². The van der Waals surface area contributed by atoms with Crippen LogP contribution in [0, 0.1) is 13.8 Å². The lowest BCUT2D eigenvalue weighted by molar-refractivity contribution is -0.140. The zero-order chi connectivity index (χ0) is 33.3. The van der Waals surface area contributed by atoms with Gasteiger partial charge in [-0.25, -0.2) is 8.42 Å². The summed E-state index contributed by atoms with van der Waals surface area (Å²) in [5.74, 6) is -0.877. The average Bonchev–Trinajstić information content (AvgIpc) is 3.03. The molecule has 0 fully saturated rings. The average molecular weight is 681 g/mol. The molecular weight excluding hydrogens is 641 g/mol. The summed E-state index contributed by atoms with van der Waals surface area (Å²) >= 11 is 12.8. The first kappa shape index (κ1) is 35.0.